The van der Waals surface area contributed by atoms with E-state index in [-0.39, 0.29) is 4.90 Å². The van der Waals surface area contributed by atoms with Crippen molar-refractivity contribution < 1.29 is 36.3 Å². The number of nitrogens with zero attached hydrogens (tertiary/aromatic N) is 1. The van der Waals surface area contributed by atoms with Crippen LogP contribution in [0.15, 0.2) is 23.1 Å². The first-order chi connectivity index (χ1) is 13.3. The summed E-state index contributed by atoms with van der Waals surface area (Å²) in [6, 6.07) is 4.79. The molecule has 8 nitrogen and oxygen atoms in total. The Hall–Kier alpha value is -2.18. The average Bonchev–Trinajstić information content (AvgIpc) is 2.60. The lowest BCUT2D eigenvalue weighted by Gasteiger charge is -2.31. The number of carboxylic acids is 1. The normalized spacial score (nSPS) is 16.3. The number of nitrogens with one attached hydrogen (secondary N) is 2. The van der Waals surface area contributed by atoms with Gasteiger partial charge in [-0.3, -0.25) is 9.69 Å². The zero-order chi connectivity index (χ0) is 22.4. The van der Waals surface area contributed by atoms with Crippen LogP contribution in [0.2, 0.25) is 0 Å². The molecule has 1 aliphatic rings. The highest BCUT2D eigenvalue weighted by Gasteiger charge is 2.38. The van der Waals surface area contributed by atoms with E-state index in [4.69, 9.17) is 9.90 Å². The van der Waals surface area contributed by atoms with Crippen molar-refractivity contribution in [3.05, 3.63) is 29.3 Å². The molecular weight excluding hydrogens is 415 g/mol. The number of aryl methyl sites for hydroxylation is 2. The fraction of sp³-hybridized carbons (Fsp3) is 0.529. The van der Waals surface area contributed by atoms with Crippen molar-refractivity contribution in [2.24, 2.45) is 0 Å². The summed E-state index contributed by atoms with van der Waals surface area (Å²) in [6.07, 6.45) is -5.08. The Labute approximate surface area is 167 Å². The van der Waals surface area contributed by atoms with E-state index in [0.717, 1.165) is 26.2 Å². The molecule has 2 rings (SSSR count). The Morgan fingerprint density at radius 1 is 1.17 bits per heavy atom. The summed E-state index contributed by atoms with van der Waals surface area (Å²) in [4.78, 5) is 23.4. The molecule has 1 heterocycles. The zero-order valence-electron chi connectivity index (χ0n) is 16.2. The minimum absolute atomic E-state index is 0.191. The quantitative estimate of drug-likeness (QED) is 0.642. The average molecular weight is 439 g/mol. The zero-order valence-corrected chi connectivity index (χ0v) is 17.0. The first kappa shape index (κ1) is 24.9. The topological polar surface area (TPSA) is 116 Å². The van der Waals surface area contributed by atoms with Gasteiger partial charge in [0, 0.05) is 26.2 Å². The van der Waals surface area contributed by atoms with Gasteiger partial charge in [-0.15, -0.1) is 0 Å². The van der Waals surface area contributed by atoms with E-state index in [1.807, 2.05) is 4.90 Å². The molecule has 0 spiro atoms. The maximum atomic E-state index is 12.5. The van der Waals surface area contributed by atoms with Gasteiger partial charge in [-0.1, -0.05) is 18.2 Å². The van der Waals surface area contributed by atoms with Gasteiger partial charge in [0.05, 0.1) is 10.9 Å². The number of hydrogen-bond donors (Lipinski definition) is 3. The second-order valence-corrected chi connectivity index (χ2v) is 8.07. The molecule has 1 unspecified atom stereocenters. The van der Waals surface area contributed by atoms with Crippen molar-refractivity contribution in [2.75, 3.05) is 26.2 Å². The number of carbonyl (C=O) groups excluding carboxylic acids is 1. The van der Waals surface area contributed by atoms with Crippen LogP contribution in [0.25, 0.3) is 0 Å². The third-order valence-electron chi connectivity index (χ3n) is 4.23. The number of rotatable bonds is 4. The maximum absolute atomic E-state index is 12.5. The van der Waals surface area contributed by atoms with Crippen LogP contribution in [0.3, 0.4) is 0 Å². The maximum Gasteiger partial charge on any atom is 0.490 e. The molecule has 0 aromatic heterocycles. The van der Waals surface area contributed by atoms with Crippen LogP contribution < -0.4 is 10.0 Å². The van der Waals surface area contributed by atoms with E-state index in [0.29, 0.717) is 11.1 Å². The highest BCUT2D eigenvalue weighted by molar-refractivity contribution is 7.90. The molecule has 0 radical (unpaired) electrons. The van der Waals surface area contributed by atoms with E-state index in [1.54, 1.807) is 39.0 Å². The van der Waals surface area contributed by atoms with Crippen molar-refractivity contribution in [1.29, 1.82) is 0 Å². The predicted octanol–water partition coefficient (Wildman–Crippen LogP) is 1.04. The van der Waals surface area contributed by atoms with Crippen LogP contribution in [-0.2, 0) is 19.6 Å². The van der Waals surface area contributed by atoms with Crippen LogP contribution >= 0.6 is 0 Å². The van der Waals surface area contributed by atoms with Gasteiger partial charge in [0.1, 0.15) is 0 Å². The molecular formula is C17H24F3N3O5S. The van der Waals surface area contributed by atoms with Gasteiger partial charge in [0.2, 0.25) is 0 Å². The van der Waals surface area contributed by atoms with E-state index < -0.39 is 34.1 Å². The molecule has 0 aliphatic carbocycles. The molecule has 0 saturated carbocycles. The minimum atomic E-state index is -5.08. The lowest BCUT2D eigenvalue weighted by atomic mass is 10.2. The lowest BCUT2D eigenvalue weighted by molar-refractivity contribution is -0.192. The number of halogens is 3. The summed E-state index contributed by atoms with van der Waals surface area (Å²) in [7, 11) is -3.85. The number of piperazine rings is 1. The van der Waals surface area contributed by atoms with Crippen molar-refractivity contribution in [1.82, 2.24) is 14.9 Å². The first-order valence-electron chi connectivity index (χ1n) is 8.65. The Balaban J connectivity index is 0.000000516. The fourth-order valence-electron chi connectivity index (χ4n) is 2.73. The number of carbonyl (C=O) groups is 2. The second kappa shape index (κ2) is 10.0. The number of aliphatic carboxylic acids is 1. The monoisotopic (exact) mass is 439 g/mol. The summed E-state index contributed by atoms with van der Waals surface area (Å²) in [5, 5.41) is 10.3. The van der Waals surface area contributed by atoms with Crippen LogP contribution in [0.5, 0.6) is 0 Å². The molecule has 1 amide bonds. The third kappa shape index (κ3) is 7.29. The summed E-state index contributed by atoms with van der Waals surface area (Å²) in [6.45, 7) is 8.27. The fourth-order valence-corrected chi connectivity index (χ4v) is 4.25. The number of hydrogen-bond acceptors (Lipinski definition) is 6. The first-order valence-corrected chi connectivity index (χ1v) is 10.1. The van der Waals surface area contributed by atoms with Gasteiger partial charge >= 0.3 is 12.1 Å². The van der Waals surface area contributed by atoms with Gasteiger partial charge in [-0.05, 0) is 31.9 Å². The standard InChI is InChI=1S/C15H23N3O3S.C2HF3O2/c1-11-5-4-6-12(2)14(11)22(20,21)17-15(19)13(3)18-9-7-16-8-10-18;3-2(4,5)1(6)7/h4-6,13,16H,7-10H2,1-3H3,(H,17,19);(H,6,7). The molecule has 1 atom stereocenters. The summed E-state index contributed by atoms with van der Waals surface area (Å²) < 4.78 is 59.0. The van der Waals surface area contributed by atoms with Crippen molar-refractivity contribution >= 4 is 21.9 Å². The van der Waals surface area contributed by atoms with Crippen LogP contribution in [0.4, 0.5) is 13.2 Å². The summed E-state index contributed by atoms with van der Waals surface area (Å²) in [5.74, 6) is -3.24. The molecule has 1 aliphatic heterocycles. The Kier molecular flexibility index (Phi) is 8.60. The molecule has 1 aromatic carbocycles. The molecule has 1 fully saturated rings. The highest BCUT2D eigenvalue weighted by atomic mass is 32.2. The van der Waals surface area contributed by atoms with Crippen LogP contribution in [0, 0.1) is 13.8 Å². The van der Waals surface area contributed by atoms with Crippen molar-refractivity contribution in [3.63, 3.8) is 0 Å². The summed E-state index contributed by atoms with van der Waals surface area (Å²) >= 11 is 0. The van der Waals surface area contributed by atoms with E-state index >= 15 is 0 Å². The molecule has 3 N–H and O–H groups in total. The van der Waals surface area contributed by atoms with Crippen molar-refractivity contribution in [2.45, 2.75) is 37.9 Å². The number of amides is 1. The number of carboxylic acid groups (broad SMARTS) is 1. The number of benzene rings is 1. The van der Waals surface area contributed by atoms with Gasteiger partial charge in [0.25, 0.3) is 15.9 Å². The minimum Gasteiger partial charge on any atom is -0.475 e. The molecule has 29 heavy (non-hydrogen) atoms. The SMILES string of the molecule is Cc1cccc(C)c1S(=O)(=O)NC(=O)C(C)N1CCNCC1.O=C(O)C(F)(F)F. The molecule has 12 heteroatoms. The van der Waals surface area contributed by atoms with Gasteiger partial charge in [-0.25, -0.2) is 17.9 Å². The van der Waals surface area contributed by atoms with Crippen molar-refractivity contribution in [3.8, 4) is 0 Å². The largest absolute Gasteiger partial charge is 0.490 e. The molecule has 1 saturated heterocycles. The van der Waals surface area contributed by atoms with Gasteiger partial charge in [0.15, 0.2) is 0 Å². The predicted molar refractivity (Wildman–Crippen MR) is 98.8 cm³/mol. The Morgan fingerprint density at radius 3 is 2.03 bits per heavy atom. The summed E-state index contributed by atoms with van der Waals surface area (Å²) in [5.41, 5.74) is 1.27. The highest BCUT2D eigenvalue weighted by Crippen LogP contribution is 2.19. The smallest absolute Gasteiger partial charge is 0.475 e. The molecule has 0 bridgehead atoms. The lowest BCUT2D eigenvalue weighted by Crippen LogP contribution is -2.53. The Morgan fingerprint density at radius 2 is 1.62 bits per heavy atom. The third-order valence-corrected chi connectivity index (χ3v) is 5.89. The van der Waals surface area contributed by atoms with Crippen LogP contribution in [0.1, 0.15) is 18.1 Å². The molecule has 1 aromatic rings. The Bertz CT molecular complexity index is 817. The number of alkyl halides is 3. The van der Waals surface area contributed by atoms with Gasteiger partial charge < -0.3 is 10.4 Å². The molecule has 164 valence electrons. The number of sulfonamides is 1. The van der Waals surface area contributed by atoms with E-state index in [2.05, 4.69) is 10.0 Å². The van der Waals surface area contributed by atoms with E-state index in [1.165, 1.54) is 0 Å². The van der Waals surface area contributed by atoms with Gasteiger partial charge in [-0.2, -0.15) is 13.2 Å². The second-order valence-electron chi connectivity index (χ2n) is 6.46. The van der Waals surface area contributed by atoms with E-state index in [9.17, 15) is 26.4 Å². The van der Waals surface area contributed by atoms with Crippen LogP contribution in [-0.4, -0.2) is 68.7 Å².